The summed E-state index contributed by atoms with van der Waals surface area (Å²) in [6.07, 6.45) is 1.29. The number of carbonyl (C=O) groups excluding carboxylic acids is 1. The second-order valence-electron chi connectivity index (χ2n) is 7.01. The number of fused-ring (bicyclic) bond motifs is 1. The fraction of sp³-hybridized carbons (Fsp3) is 0.600. The molecule has 0 saturated carbocycles. The minimum absolute atomic E-state index is 0.0357. The summed E-state index contributed by atoms with van der Waals surface area (Å²) < 4.78 is 15.7. The number of carbonyl (C=O) groups is 1. The zero-order chi connectivity index (χ0) is 20.4. The molecule has 0 saturated heterocycles. The molecule has 1 unspecified atom stereocenters. The van der Waals surface area contributed by atoms with E-state index in [1.54, 1.807) is 14.0 Å². The highest BCUT2D eigenvalue weighted by atomic mass is 16.7. The van der Waals surface area contributed by atoms with Gasteiger partial charge in [-0.05, 0) is 43.4 Å². The van der Waals surface area contributed by atoms with Crippen molar-refractivity contribution >= 4 is 12.1 Å². The van der Waals surface area contributed by atoms with Crippen molar-refractivity contribution in [3.63, 3.8) is 0 Å². The largest absolute Gasteiger partial charge is 0.454 e. The Morgan fingerprint density at radius 2 is 2.04 bits per heavy atom. The van der Waals surface area contributed by atoms with Gasteiger partial charge in [-0.2, -0.15) is 0 Å². The zero-order valence-electron chi connectivity index (χ0n) is 17.2. The molecule has 28 heavy (non-hydrogen) atoms. The van der Waals surface area contributed by atoms with Gasteiger partial charge in [-0.1, -0.05) is 19.9 Å². The van der Waals surface area contributed by atoms with Crippen LogP contribution in [0.3, 0.4) is 0 Å². The maximum Gasteiger partial charge on any atom is 0.407 e. The summed E-state index contributed by atoms with van der Waals surface area (Å²) >= 11 is 0. The van der Waals surface area contributed by atoms with Gasteiger partial charge in [-0.3, -0.25) is 4.99 Å². The van der Waals surface area contributed by atoms with Crippen LogP contribution in [0.5, 0.6) is 11.5 Å². The summed E-state index contributed by atoms with van der Waals surface area (Å²) in [4.78, 5) is 16.0. The van der Waals surface area contributed by atoms with Crippen LogP contribution in [-0.2, 0) is 11.2 Å². The number of amides is 1. The van der Waals surface area contributed by atoms with Crippen molar-refractivity contribution in [1.82, 2.24) is 16.0 Å². The molecular formula is C20H32N4O4. The second kappa shape index (κ2) is 11.3. The Labute approximate surface area is 167 Å². The van der Waals surface area contributed by atoms with E-state index in [1.165, 1.54) is 0 Å². The first-order chi connectivity index (χ1) is 13.5. The van der Waals surface area contributed by atoms with E-state index in [4.69, 9.17) is 14.2 Å². The van der Waals surface area contributed by atoms with Crippen LogP contribution in [0.15, 0.2) is 23.2 Å². The monoisotopic (exact) mass is 392 g/mol. The van der Waals surface area contributed by atoms with Crippen LogP contribution in [-0.4, -0.2) is 51.6 Å². The zero-order valence-corrected chi connectivity index (χ0v) is 17.2. The number of guanidine groups is 1. The first kappa shape index (κ1) is 21.7. The molecule has 8 nitrogen and oxygen atoms in total. The van der Waals surface area contributed by atoms with Crippen molar-refractivity contribution in [1.29, 1.82) is 0 Å². The molecule has 1 aromatic carbocycles. The Bertz CT molecular complexity index is 664. The number of aliphatic imine (C=N–C) groups is 1. The molecule has 1 aliphatic rings. The van der Waals surface area contributed by atoms with Crippen molar-refractivity contribution in [2.75, 3.05) is 33.5 Å². The molecule has 0 fully saturated rings. The van der Waals surface area contributed by atoms with Crippen LogP contribution < -0.4 is 25.4 Å². The average molecular weight is 393 g/mol. The molecule has 3 N–H and O–H groups in total. The van der Waals surface area contributed by atoms with Crippen LogP contribution in [0.4, 0.5) is 4.79 Å². The fourth-order valence-corrected chi connectivity index (χ4v) is 2.96. The number of benzene rings is 1. The van der Waals surface area contributed by atoms with E-state index in [9.17, 15) is 4.79 Å². The van der Waals surface area contributed by atoms with Gasteiger partial charge in [0.05, 0.1) is 6.61 Å². The molecule has 1 aromatic rings. The smallest absolute Gasteiger partial charge is 0.407 e. The van der Waals surface area contributed by atoms with E-state index in [0.717, 1.165) is 36.4 Å². The quantitative estimate of drug-likeness (QED) is 0.441. The number of hydrogen-bond donors (Lipinski definition) is 3. The van der Waals surface area contributed by atoms with Crippen LogP contribution in [0.2, 0.25) is 0 Å². The van der Waals surface area contributed by atoms with E-state index >= 15 is 0 Å². The van der Waals surface area contributed by atoms with Crippen LogP contribution in [0.25, 0.3) is 0 Å². The fourth-order valence-electron chi connectivity index (χ4n) is 2.96. The lowest BCUT2D eigenvalue weighted by molar-refractivity contribution is 0.146. The Hall–Kier alpha value is -2.64. The molecular weight excluding hydrogens is 360 g/mol. The number of nitrogens with zero attached hydrogens (tertiary/aromatic N) is 1. The molecule has 8 heteroatoms. The second-order valence-corrected chi connectivity index (χ2v) is 7.01. The van der Waals surface area contributed by atoms with Gasteiger partial charge in [0.25, 0.3) is 0 Å². The SMILES string of the molecule is CCOC(=O)NC(CNC(=NC)NCCc1ccc2c(c1)OCO2)CC(C)C. The molecule has 0 aliphatic carbocycles. The van der Waals surface area contributed by atoms with Gasteiger partial charge in [0.2, 0.25) is 6.79 Å². The highest BCUT2D eigenvalue weighted by molar-refractivity contribution is 5.79. The van der Waals surface area contributed by atoms with E-state index in [2.05, 4.69) is 34.8 Å². The Morgan fingerprint density at radius 3 is 2.75 bits per heavy atom. The van der Waals surface area contributed by atoms with Gasteiger partial charge in [-0.25, -0.2) is 4.79 Å². The third-order valence-electron chi connectivity index (χ3n) is 4.24. The first-order valence-electron chi connectivity index (χ1n) is 9.78. The number of ether oxygens (including phenoxy) is 3. The Kier molecular flexibility index (Phi) is 8.71. The van der Waals surface area contributed by atoms with Crippen LogP contribution >= 0.6 is 0 Å². The van der Waals surface area contributed by atoms with E-state index in [1.807, 2.05) is 18.2 Å². The van der Waals surface area contributed by atoms with Gasteiger partial charge < -0.3 is 30.2 Å². The third kappa shape index (κ3) is 7.17. The molecule has 156 valence electrons. The summed E-state index contributed by atoms with van der Waals surface area (Å²) in [7, 11) is 1.73. The first-order valence-corrected chi connectivity index (χ1v) is 9.78. The highest BCUT2D eigenvalue weighted by Crippen LogP contribution is 2.32. The molecule has 1 heterocycles. The topological polar surface area (TPSA) is 93.2 Å². The van der Waals surface area contributed by atoms with Crippen molar-refractivity contribution in [2.24, 2.45) is 10.9 Å². The predicted octanol–water partition coefficient (Wildman–Crippen LogP) is 2.28. The number of alkyl carbamates (subject to hydrolysis) is 1. The van der Waals surface area contributed by atoms with E-state index < -0.39 is 0 Å². The lowest BCUT2D eigenvalue weighted by Crippen LogP contribution is -2.48. The van der Waals surface area contributed by atoms with Crippen molar-refractivity contribution in [2.45, 2.75) is 39.7 Å². The summed E-state index contributed by atoms with van der Waals surface area (Å²) in [6.45, 7) is 7.97. The van der Waals surface area contributed by atoms with Gasteiger partial charge in [0, 0.05) is 26.2 Å². The highest BCUT2D eigenvalue weighted by Gasteiger charge is 2.16. The van der Waals surface area contributed by atoms with Crippen molar-refractivity contribution < 1.29 is 19.0 Å². The number of rotatable bonds is 9. The molecule has 1 amide bonds. The van der Waals surface area contributed by atoms with E-state index in [0.29, 0.717) is 25.0 Å². The predicted molar refractivity (Wildman–Crippen MR) is 109 cm³/mol. The van der Waals surface area contributed by atoms with Gasteiger partial charge in [-0.15, -0.1) is 0 Å². The molecule has 0 bridgehead atoms. The standard InChI is InChI=1S/C20H32N4O4/c1-5-26-20(25)24-16(10-14(2)3)12-23-19(21-4)22-9-8-15-6-7-17-18(11-15)28-13-27-17/h6-7,11,14,16H,5,8-10,12-13H2,1-4H3,(H,24,25)(H2,21,22,23). The van der Waals surface area contributed by atoms with Gasteiger partial charge >= 0.3 is 6.09 Å². The molecule has 2 rings (SSSR count). The Morgan fingerprint density at radius 1 is 1.25 bits per heavy atom. The minimum Gasteiger partial charge on any atom is -0.454 e. The van der Waals surface area contributed by atoms with Gasteiger partial charge in [0.15, 0.2) is 17.5 Å². The maximum absolute atomic E-state index is 11.7. The van der Waals surface area contributed by atoms with Gasteiger partial charge in [0.1, 0.15) is 0 Å². The normalized spacial score (nSPS) is 14.0. The summed E-state index contributed by atoms with van der Waals surface area (Å²) in [5.41, 5.74) is 1.16. The molecule has 0 radical (unpaired) electrons. The molecule has 1 aliphatic heterocycles. The van der Waals surface area contributed by atoms with Crippen molar-refractivity contribution in [3.8, 4) is 11.5 Å². The van der Waals surface area contributed by atoms with Crippen LogP contribution in [0.1, 0.15) is 32.8 Å². The van der Waals surface area contributed by atoms with E-state index in [-0.39, 0.29) is 18.9 Å². The molecule has 0 aromatic heterocycles. The number of hydrogen-bond acceptors (Lipinski definition) is 5. The lowest BCUT2D eigenvalue weighted by atomic mass is 10.0. The summed E-state index contributed by atoms with van der Waals surface area (Å²) in [6, 6.07) is 5.93. The van der Waals surface area contributed by atoms with Crippen LogP contribution in [0, 0.1) is 5.92 Å². The summed E-state index contributed by atoms with van der Waals surface area (Å²) in [5, 5.41) is 9.47. The average Bonchev–Trinajstić information content (AvgIpc) is 3.11. The molecule has 0 spiro atoms. The molecule has 1 atom stereocenters. The maximum atomic E-state index is 11.7. The lowest BCUT2D eigenvalue weighted by Gasteiger charge is -2.22. The minimum atomic E-state index is -0.388. The summed E-state index contributed by atoms with van der Waals surface area (Å²) in [5.74, 6) is 2.73. The Balaban J connectivity index is 1.77. The third-order valence-corrected chi connectivity index (χ3v) is 4.24. The van der Waals surface area contributed by atoms with Crippen molar-refractivity contribution in [3.05, 3.63) is 23.8 Å². The number of nitrogens with one attached hydrogen (secondary N) is 3.